The maximum absolute atomic E-state index is 11.6. The average molecular weight is 298 g/mol. The predicted molar refractivity (Wildman–Crippen MR) is 85.3 cm³/mol. The van der Waals surface area contributed by atoms with Crippen molar-refractivity contribution in [2.75, 3.05) is 5.73 Å². The molecule has 2 aromatic carbocycles. The molecule has 0 fully saturated rings. The molecule has 2 N–H and O–H groups in total. The SMILES string of the molecule is CC(=O)c1scnc1Oc1c(C)cc(N)c2ccccc12. The van der Waals surface area contributed by atoms with E-state index in [2.05, 4.69) is 4.98 Å². The summed E-state index contributed by atoms with van der Waals surface area (Å²) >= 11 is 1.28. The highest BCUT2D eigenvalue weighted by Gasteiger charge is 2.16. The van der Waals surface area contributed by atoms with Gasteiger partial charge in [-0.3, -0.25) is 4.79 Å². The van der Waals surface area contributed by atoms with Crippen molar-refractivity contribution in [1.29, 1.82) is 0 Å². The lowest BCUT2D eigenvalue weighted by Gasteiger charge is -2.12. The van der Waals surface area contributed by atoms with Crippen molar-refractivity contribution < 1.29 is 9.53 Å². The molecule has 0 aliphatic rings. The molecule has 3 rings (SSSR count). The van der Waals surface area contributed by atoms with Gasteiger partial charge in [-0.1, -0.05) is 24.3 Å². The standard InChI is InChI=1S/C16H14N2O2S/c1-9-7-13(17)11-5-3-4-6-12(11)14(9)20-16-15(10(2)19)21-8-18-16/h3-8H,17H2,1-2H3. The number of ketones is 1. The summed E-state index contributed by atoms with van der Waals surface area (Å²) in [6.07, 6.45) is 0. The number of rotatable bonds is 3. The summed E-state index contributed by atoms with van der Waals surface area (Å²) in [5.74, 6) is 0.989. The molecule has 21 heavy (non-hydrogen) atoms. The number of nitrogen functional groups attached to an aromatic ring is 1. The molecule has 1 aromatic heterocycles. The molecule has 0 amide bonds. The maximum atomic E-state index is 11.6. The normalized spacial score (nSPS) is 10.8. The number of fused-ring (bicyclic) bond motifs is 1. The van der Waals surface area contributed by atoms with E-state index in [1.165, 1.54) is 18.3 Å². The number of ether oxygens (including phenoxy) is 1. The quantitative estimate of drug-likeness (QED) is 0.582. The third-order valence-corrected chi connectivity index (χ3v) is 4.17. The van der Waals surface area contributed by atoms with Crippen LogP contribution in [0.2, 0.25) is 0 Å². The van der Waals surface area contributed by atoms with E-state index < -0.39 is 0 Å². The lowest BCUT2D eigenvalue weighted by atomic mass is 10.0. The van der Waals surface area contributed by atoms with E-state index >= 15 is 0 Å². The van der Waals surface area contributed by atoms with Crippen LogP contribution in [-0.2, 0) is 0 Å². The van der Waals surface area contributed by atoms with Crippen molar-refractivity contribution in [3.8, 4) is 11.6 Å². The van der Waals surface area contributed by atoms with Crippen molar-refractivity contribution in [1.82, 2.24) is 4.98 Å². The topological polar surface area (TPSA) is 65.2 Å². The molecule has 106 valence electrons. The Morgan fingerprint density at radius 2 is 2.00 bits per heavy atom. The Hall–Kier alpha value is -2.40. The summed E-state index contributed by atoms with van der Waals surface area (Å²) in [7, 11) is 0. The Morgan fingerprint density at radius 3 is 2.71 bits per heavy atom. The van der Waals surface area contributed by atoms with Gasteiger partial charge in [-0.05, 0) is 18.6 Å². The molecule has 5 heteroatoms. The van der Waals surface area contributed by atoms with Crippen LogP contribution in [0, 0.1) is 6.92 Å². The highest BCUT2D eigenvalue weighted by molar-refractivity contribution is 7.12. The van der Waals surface area contributed by atoms with Gasteiger partial charge in [0, 0.05) is 23.4 Å². The molecule has 0 spiro atoms. The second-order valence-electron chi connectivity index (χ2n) is 4.80. The van der Waals surface area contributed by atoms with Gasteiger partial charge in [-0.15, -0.1) is 11.3 Å². The molecule has 0 radical (unpaired) electrons. The Labute approximate surface area is 126 Å². The average Bonchev–Trinajstić information content (AvgIpc) is 2.92. The summed E-state index contributed by atoms with van der Waals surface area (Å²) in [4.78, 5) is 16.3. The minimum Gasteiger partial charge on any atom is -0.437 e. The molecule has 0 aliphatic carbocycles. The molecule has 0 saturated heterocycles. The molecule has 4 nitrogen and oxygen atoms in total. The summed E-state index contributed by atoms with van der Waals surface area (Å²) < 4.78 is 5.93. The van der Waals surface area contributed by atoms with E-state index in [-0.39, 0.29) is 5.78 Å². The number of hydrogen-bond acceptors (Lipinski definition) is 5. The zero-order chi connectivity index (χ0) is 15.0. The number of aryl methyl sites for hydroxylation is 1. The highest BCUT2D eigenvalue weighted by atomic mass is 32.1. The fourth-order valence-corrected chi connectivity index (χ4v) is 2.91. The lowest BCUT2D eigenvalue weighted by Crippen LogP contribution is -1.97. The van der Waals surface area contributed by atoms with Gasteiger partial charge in [0.2, 0.25) is 5.88 Å². The first-order chi connectivity index (χ1) is 10.1. The van der Waals surface area contributed by atoms with Gasteiger partial charge in [-0.25, -0.2) is 4.98 Å². The number of hydrogen-bond donors (Lipinski definition) is 1. The van der Waals surface area contributed by atoms with Crippen LogP contribution in [-0.4, -0.2) is 10.8 Å². The van der Waals surface area contributed by atoms with E-state index in [0.29, 0.717) is 22.2 Å². The second kappa shape index (κ2) is 5.18. The largest absolute Gasteiger partial charge is 0.437 e. The number of aromatic nitrogens is 1. The second-order valence-corrected chi connectivity index (χ2v) is 5.66. The molecular formula is C16H14N2O2S. The molecule has 1 heterocycles. The van der Waals surface area contributed by atoms with Crippen LogP contribution in [0.15, 0.2) is 35.8 Å². The maximum Gasteiger partial charge on any atom is 0.241 e. The Balaban J connectivity index is 2.17. The fourth-order valence-electron chi connectivity index (χ4n) is 2.30. The molecule has 0 atom stereocenters. The molecule has 0 aliphatic heterocycles. The number of nitrogens with two attached hydrogens (primary N) is 1. The van der Waals surface area contributed by atoms with E-state index in [4.69, 9.17) is 10.5 Å². The first-order valence-electron chi connectivity index (χ1n) is 6.48. The van der Waals surface area contributed by atoms with Gasteiger partial charge in [0.05, 0.1) is 5.51 Å². The fraction of sp³-hybridized carbons (Fsp3) is 0.125. The summed E-state index contributed by atoms with van der Waals surface area (Å²) in [5.41, 5.74) is 9.29. The van der Waals surface area contributed by atoms with Gasteiger partial charge < -0.3 is 10.5 Å². The first-order valence-corrected chi connectivity index (χ1v) is 7.36. The van der Waals surface area contributed by atoms with E-state index in [1.807, 2.05) is 37.3 Å². The number of benzene rings is 2. The van der Waals surface area contributed by atoms with Crippen molar-refractivity contribution in [3.05, 3.63) is 46.3 Å². The minimum absolute atomic E-state index is 0.0510. The number of anilines is 1. The van der Waals surface area contributed by atoms with E-state index in [1.54, 1.807) is 5.51 Å². The zero-order valence-corrected chi connectivity index (χ0v) is 12.5. The van der Waals surface area contributed by atoms with Crippen LogP contribution in [0.5, 0.6) is 11.6 Å². The zero-order valence-electron chi connectivity index (χ0n) is 11.7. The van der Waals surface area contributed by atoms with Crippen molar-refractivity contribution >= 4 is 33.6 Å². The van der Waals surface area contributed by atoms with E-state index in [9.17, 15) is 4.79 Å². The highest BCUT2D eigenvalue weighted by Crippen LogP contribution is 2.37. The van der Waals surface area contributed by atoms with Crippen LogP contribution >= 0.6 is 11.3 Å². The third kappa shape index (κ3) is 2.36. The molecule has 0 unspecified atom stereocenters. The Kier molecular flexibility index (Phi) is 3.35. The summed E-state index contributed by atoms with van der Waals surface area (Å²) in [6.45, 7) is 3.44. The smallest absolute Gasteiger partial charge is 0.241 e. The predicted octanol–water partition coefficient (Wildman–Crippen LogP) is 4.18. The van der Waals surface area contributed by atoms with Crippen LogP contribution in [0.1, 0.15) is 22.2 Å². The minimum atomic E-state index is -0.0510. The summed E-state index contributed by atoms with van der Waals surface area (Å²) in [6, 6.07) is 9.64. The van der Waals surface area contributed by atoms with Gasteiger partial charge in [0.15, 0.2) is 5.78 Å². The van der Waals surface area contributed by atoms with E-state index in [0.717, 1.165) is 16.3 Å². The van der Waals surface area contributed by atoms with Gasteiger partial charge in [0.1, 0.15) is 10.6 Å². The molecular weight excluding hydrogens is 284 g/mol. The Bertz CT molecular complexity index is 839. The Morgan fingerprint density at radius 1 is 1.29 bits per heavy atom. The third-order valence-electron chi connectivity index (χ3n) is 3.27. The molecule has 0 saturated carbocycles. The van der Waals surface area contributed by atoms with Crippen LogP contribution in [0.3, 0.4) is 0 Å². The van der Waals surface area contributed by atoms with Gasteiger partial charge in [-0.2, -0.15) is 0 Å². The number of Topliss-reactive ketones (excluding diaryl/α,β-unsaturated/α-hetero) is 1. The van der Waals surface area contributed by atoms with Gasteiger partial charge in [0.25, 0.3) is 0 Å². The number of carbonyl (C=O) groups excluding carboxylic acids is 1. The lowest BCUT2D eigenvalue weighted by molar-refractivity contribution is 0.101. The van der Waals surface area contributed by atoms with Crippen LogP contribution in [0.4, 0.5) is 5.69 Å². The molecule has 0 bridgehead atoms. The van der Waals surface area contributed by atoms with Crippen LogP contribution in [0.25, 0.3) is 10.8 Å². The summed E-state index contributed by atoms with van der Waals surface area (Å²) in [5, 5.41) is 1.84. The molecule has 3 aromatic rings. The number of carbonyl (C=O) groups is 1. The monoisotopic (exact) mass is 298 g/mol. The van der Waals surface area contributed by atoms with Crippen molar-refractivity contribution in [3.63, 3.8) is 0 Å². The number of thiazole rings is 1. The van der Waals surface area contributed by atoms with Crippen molar-refractivity contribution in [2.45, 2.75) is 13.8 Å². The first kappa shape index (κ1) is 13.6. The van der Waals surface area contributed by atoms with Crippen LogP contribution < -0.4 is 10.5 Å². The van der Waals surface area contributed by atoms with Gasteiger partial charge >= 0.3 is 0 Å². The number of nitrogens with zero attached hydrogens (tertiary/aromatic N) is 1. The van der Waals surface area contributed by atoms with Crippen molar-refractivity contribution in [2.24, 2.45) is 0 Å².